The molecule has 106 valence electrons. The van der Waals surface area contributed by atoms with Crippen LogP contribution in [-0.2, 0) is 19.2 Å². The Balaban J connectivity index is 2.50. The number of likely N-dealkylation sites (tertiary alicyclic amines) is 1. The number of likely N-dealkylation sites (N-methyl/N-ethyl adjacent to an activating group) is 1. The van der Waals surface area contributed by atoms with Crippen LogP contribution < -0.4 is 0 Å². The van der Waals surface area contributed by atoms with E-state index in [1.807, 2.05) is 0 Å². The van der Waals surface area contributed by atoms with Crippen molar-refractivity contribution in [1.82, 2.24) is 9.91 Å². The smallest absolute Gasteiger partial charge is 0.331 e. The van der Waals surface area contributed by atoms with Crippen LogP contribution in [0.15, 0.2) is 5.28 Å². The van der Waals surface area contributed by atoms with Gasteiger partial charge in [0.2, 0.25) is 23.8 Å². The molecule has 0 aromatic rings. The first-order valence-electron chi connectivity index (χ1n) is 5.43. The van der Waals surface area contributed by atoms with E-state index in [1.165, 1.54) is 14.0 Å². The van der Waals surface area contributed by atoms with Crippen molar-refractivity contribution in [2.45, 2.75) is 25.8 Å². The summed E-state index contributed by atoms with van der Waals surface area (Å²) in [6, 6.07) is -1.10. The van der Waals surface area contributed by atoms with Crippen LogP contribution in [0.25, 0.3) is 0 Å². The Morgan fingerprint density at radius 2 is 2.11 bits per heavy atom. The summed E-state index contributed by atoms with van der Waals surface area (Å²) in [6.07, 6.45) is 0.221. The molecule has 0 radical (unpaired) electrons. The molecule has 1 aliphatic rings. The summed E-state index contributed by atoms with van der Waals surface area (Å²) in [6.45, 7) is 0.821. The molecular formula is C9H14N4O6. The summed E-state index contributed by atoms with van der Waals surface area (Å²) in [5, 5.41) is 23.8. The predicted octanol–water partition coefficient (Wildman–Crippen LogP) is -0.693. The monoisotopic (exact) mass is 274 g/mol. The average molecular weight is 274 g/mol. The Bertz CT molecular complexity index is 407. The third-order valence-corrected chi connectivity index (χ3v) is 2.66. The standard InChI is InChI=1S/C9H14N4O6/c1-6(9(16)17)11(2)13(18)10-19-5-12-7(14)3-4-8(12)15/h6H,3-5H2,1-2H3,(H,16,17)/t6-/m0/s1. The van der Waals surface area contributed by atoms with Crippen LogP contribution in [0.3, 0.4) is 0 Å². The van der Waals surface area contributed by atoms with Crippen molar-refractivity contribution < 1.29 is 29.3 Å². The number of rotatable bonds is 6. The normalized spacial score (nSPS) is 17.6. The number of hydrogen-bond donors (Lipinski definition) is 1. The second-order valence-electron chi connectivity index (χ2n) is 3.90. The van der Waals surface area contributed by atoms with Crippen molar-refractivity contribution in [3.8, 4) is 0 Å². The minimum Gasteiger partial charge on any atom is -0.569 e. The first-order valence-corrected chi connectivity index (χ1v) is 5.43. The quantitative estimate of drug-likeness (QED) is 0.294. The zero-order chi connectivity index (χ0) is 14.6. The molecule has 0 spiro atoms. The molecule has 1 N–H and O–H groups in total. The van der Waals surface area contributed by atoms with E-state index in [-0.39, 0.29) is 17.8 Å². The molecule has 0 aliphatic carbocycles. The van der Waals surface area contributed by atoms with Crippen LogP contribution in [0, 0.1) is 5.21 Å². The molecule has 1 heterocycles. The van der Waals surface area contributed by atoms with E-state index in [2.05, 4.69) is 10.1 Å². The highest BCUT2D eigenvalue weighted by Crippen LogP contribution is 2.11. The molecule has 1 saturated heterocycles. The van der Waals surface area contributed by atoms with E-state index < -0.39 is 30.6 Å². The molecule has 0 saturated carbocycles. The molecule has 1 aliphatic heterocycles. The molecule has 2 amide bonds. The number of imide groups is 1. The van der Waals surface area contributed by atoms with Crippen LogP contribution in [-0.4, -0.2) is 57.6 Å². The van der Waals surface area contributed by atoms with E-state index in [0.29, 0.717) is 0 Å². The summed E-state index contributed by atoms with van der Waals surface area (Å²) in [5.41, 5.74) is 0. The fourth-order valence-corrected chi connectivity index (χ4v) is 1.27. The summed E-state index contributed by atoms with van der Waals surface area (Å²) in [4.78, 5) is 38.3. The Morgan fingerprint density at radius 3 is 2.58 bits per heavy atom. The van der Waals surface area contributed by atoms with Crippen LogP contribution in [0.4, 0.5) is 0 Å². The number of hydrogen-bond acceptors (Lipinski definition) is 6. The van der Waals surface area contributed by atoms with Gasteiger partial charge >= 0.3 is 5.97 Å². The number of carboxylic acids is 1. The molecule has 10 heteroatoms. The fourth-order valence-electron chi connectivity index (χ4n) is 1.27. The maximum atomic E-state index is 11.3. The molecule has 1 rings (SSSR count). The van der Waals surface area contributed by atoms with Gasteiger partial charge < -0.3 is 15.2 Å². The highest BCUT2D eigenvalue weighted by atomic mass is 16.7. The van der Waals surface area contributed by atoms with Crippen molar-refractivity contribution in [3.63, 3.8) is 0 Å². The van der Waals surface area contributed by atoms with Crippen molar-refractivity contribution >= 4 is 17.8 Å². The van der Waals surface area contributed by atoms with E-state index in [1.54, 1.807) is 0 Å². The molecule has 1 atom stereocenters. The molecular weight excluding hydrogens is 260 g/mol. The van der Waals surface area contributed by atoms with E-state index in [4.69, 9.17) is 5.11 Å². The van der Waals surface area contributed by atoms with Crippen molar-refractivity contribution in [1.29, 1.82) is 0 Å². The summed E-state index contributed by atoms with van der Waals surface area (Å²) in [7, 11) is 1.21. The SMILES string of the molecule is C[C@@H](C(=O)O)N(C)[N+]([O-])=NOCN1C(=O)CCC1=O. The Labute approximate surface area is 108 Å². The van der Waals surface area contributed by atoms with Gasteiger partial charge in [0.25, 0.3) is 0 Å². The fraction of sp³-hybridized carbons (Fsp3) is 0.667. The van der Waals surface area contributed by atoms with Crippen LogP contribution >= 0.6 is 0 Å². The van der Waals surface area contributed by atoms with Gasteiger partial charge in [-0.1, -0.05) is 0 Å². The van der Waals surface area contributed by atoms with Gasteiger partial charge in [0.15, 0.2) is 6.04 Å². The molecule has 1 fully saturated rings. The highest BCUT2D eigenvalue weighted by Gasteiger charge is 2.29. The second-order valence-corrected chi connectivity index (χ2v) is 3.90. The van der Waals surface area contributed by atoms with Crippen molar-refractivity contribution in [3.05, 3.63) is 5.21 Å². The third kappa shape index (κ3) is 3.53. The molecule has 19 heavy (non-hydrogen) atoms. The lowest BCUT2D eigenvalue weighted by Gasteiger charge is -2.17. The van der Waals surface area contributed by atoms with Gasteiger partial charge in [0, 0.05) is 12.8 Å². The van der Waals surface area contributed by atoms with Crippen LogP contribution in [0.5, 0.6) is 0 Å². The number of carbonyl (C=O) groups excluding carboxylic acids is 2. The van der Waals surface area contributed by atoms with Crippen molar-refractivity contribution in [2.75, 3.05) is 13.8 Å². The largest absolute Gasteiger partial charge is 0.569 e. The van der Waals surface area contributed by atoms with Crippen molar-refractivity contribution in [2.24, 2.45) is 5.28 Å². The van der Waals surface area contributed by atoms with Crippen LogP contribution in [0.2, 0.25) is 0 Å². The maximum absolute atomic E-state index is 11.3. The highest BCUT2D eigenvalue weighted by molar-refractivity contribution is 6.01. The zero-order valence-corrected chi connectivity index (χ0v) is 10.5. The first-order chi connectivity index (χ1) is 8.84. The number of aliphatic carboxylic acids is 1. The Hall–Kier alpha value is -2.39. The minimum absolute atomic E-state index is 0.0657. The number of amides is 2. The maximum Gasteiger partial charge on any atom is 0.331 e. The molecule has 0 bridgehead atoms. The first kappa shape index (κ1) is 14.7. The summed E-state index contributed by atoms with van der Waals surface area (Å²) < 4.78 is 0. The predicted molar refractivity (Wildman–Crippen MR) is 58.0 cm³/mol. The zero-order valence-electron chi connectivity index (χ0n) is 10.5. The van der Waals surface area contributed by atoms with Gasteiger partial charge in [-0.05, 0) is 6.92 Å². The molecule has 0 aromatic carbocycles. The van der Waals surface area contributed by atoms with Crippen LogP contribution in [0.1, 0.15) is 19.8 Å². The molecule has 0 aromatic heterocycles. The number of nitrogens with zero attached hydrogens (tertiary/aromatic N) is 4. The molecule has 0 unspecified atom stereocenters. The summed E-state index contributed by atoms with van der Waals surface area (Å²) >= 11 is 0. The molecule has 10 nitrogen and oxygen atoms in total. The van der Waals surface area contributed by atoms with E-state index in [9.17, 15) is 19.6 Å². The Morgan fingerprint density at radius 1 is 1.58 bits per heavy atom. The number of carboxylic acid groups (broad SMARTS) is 1. The van der Waals surface area contributed by atoms with Gasteiger partial charge in [0.1, 0.15) is 0 Å². The lowest BCUT2D eigenvalue weighted by molar-refractivity contribution is -0.710. The van der Waals surface area contributed by atoms with E-state index >= 15 is 0 Å². The third-order valence-electron chi connectivity index (χ3n) is 2.66. The summed E-state index contributed by atoms with van der Waals surface area (Å²) in [5.74, 6) is -2.00. The number of carbonyl (C=O) groups is 3. The minimum atomic E-state index is -1.21. The lowest BCUT2D eigenvalue weighted by atomic mass is 10.3. The Kier molecular flexibility index (Phi) is 4.62. The second kappa shape index (κ2) is 5.98. The van der Waals surface area contributed by atoms with Gasteiger partial charge in [0.05, 0.1) is 12.0 Å². The topological polar surface area (TPSA) is 126 Å². The van der Waals surface area contributed by atoms with Gasteiger partial charge in [-0.2, -0.15) is 0 Å². The van der Waals surface area contributed by atoms with Gasteiger partial charge in [-0.25, -0.2) is 9.69 Å². The average Bonchev–Trinajstić information content (AvgIpc) is 2.68. The number of hydrazine groups is 1. The van der Waals surface area contributed by atoms with E-state index in [0.717, 1.165) is 9.91 Å². The lowest BCUT2D eigenvalue weighted by Crippen LogP contribution is -2.40. The van der Waals surface area contributed by atoms with Gasteiger partial charge in [-0.15, -0.1) is 5.01 Å². The van der Waals surface area contributed by atoms with Gasteiger partial charge in [-0.3, -0.25) is 9.59 Å².